The van der Waals surface area contributed by atoms with E-state index >= 15 is 0 Å². The Kier molecular flexibility index (Phi) is 2.61. The van der Waals surface area contributed by atoms with E-state index in [1.807, 2.05) is 24.3 Å². The van der Waals surface area contributed by atoms with Crippen LogP contribution in [0.5, 0.6) is 0 Å². The summed E-state index contributed by atoms with van der Waals surface area (Å²) in [5.74, 6) is 0. The van der Waals surface area contributed by atoms with E-state index < -0.39 is 0 Å². The third-order valence-electron chi connectivity index (χ3n) is 2.29. The van der Waals surface area contributed by atoms with E-state index in [0.29, 0.717) is 0 Å². The molecule has 0 saturated carbocycles. The second kappa shape index (κ2) is 3.73. The van der Waals surface area contributed by atoms with Crippen LogP contribution in [0.1, 0.15) is 18.4 Å². The summed E-state index contributed by atoms with van der Waals surface area (Å²) in [4.78, 5) is 0. The monoisotopic (exact) mass is 212 g/mol. The van der Waals surface area contributed by atoms with Gasteiger partial charge in [0.25, 0.3) is 0 Å². The summed E-state index contributed by atoms with van der Waals surface area (Å²) >= 11 is 12.1. The molecule has 0 amide bonds. The maximum Gasteiger partial charge on any atom is 0.0525 e. The number of alkyl halides is 1. The summed E-state index contributed by atoms with van der Waals surface area (Å²) < 4.78 is 0. The van der Waals surface area contributed by atoms with Gasteiger partial charge < -0.3 is 0 Å². The minimum Gasteiger partial charge on any atom is -0.118 e. The topological polar surface area (TPSA) is 0 Å². The highest BCUT2D eigenvalue weighted by atomic mass is 35.5. The van der Waals surface area contributed by atoms with Gasteiger partial charge in [-0.05, 0) is 30.0 Å². The van der Waals surface area contributed by atoms with E-state index in [0.717, 1.165) is 23.4 Å². The lowest BCUT2D eigenvalue weighted by molar-refractivity contribution is 0.942. The highest BCUT2D eigenvalue weighted by Crippen LogP contribution is 2.33. The average molecular weight is 213 g/mol. The molecule has 13 heavy (non-hydrogen) atoms. The summed E-state index contributed by atoms with van der Waals surface area (Å²) in [6.07, 6.45) is 4.17. The van der Waals surface area contributed by atoms with Crippen LogP contribution in [0.3, 0.4) is 0 Å². The molecule has 0 bridgehead atoms. The molecule has 0 radical (unpaired) electrons. The van der Waals surface area contributed by atoms with Gasteiger partial charge in [0, 0.05) is 5.02 Å². The van der Waals surface area contributed by atoms with Crippen LogP contribution in [0.25, 0.3) is 5.57 Å². The molecule has 1 aliphatic carbocycles. The van der Waals surface area contributed by atoms with Crippen LogP contribution in [-0.2, 0) is 0 Å². The Hall–Kier alpha value is -0.460. The lowest BCUT2D eigenvalue weighted by Gasteiger charge is -2.03. The van der Waals surface area contributed by atoms with Gasteiger partial charge in [-0.15, -0.1) is 11.6 Å². The SMILES string of the molecule is Clc1ccccc1C1=CC(Cl)CC1. The number of rotatable bonds is 1. The van der Waals surface area contributed by atoms with Crippen molar-refractivity contribution >= 4 is 28.8 Å². The minimum absolute atomic E-state index is 0.186. The summed E-state index contributed by atoms with van der Waals surface area (Å²) in [6.45, 7) is 0. The van der Waals surface area contributed by atoms with E-state index in [1.165, 1.54) is 5.57 Å². The number of halogens is 2. The zero-order valence-corrected chi connectivity index (χ0v) is 8.65. The molecule has 0 N–H and O–H groups in total. The van der Waals surface area contributed by atoms with Crippen molar-refractivity contribution in [1.82, 2.24) is 0 Å². The molecule has 68 valence electrons. The van der Waals surface area contributed by atoms with Crippen molar-refractivity contribution in [3.05, 3.63) is 40.9 Å². The molecule has 1 aliphatic rings. The average Bonchev–Trinajstić information content (AvgIpc) is 2.53. The van der Waals surface area contributed by atoms with Gasteiger partial charge in [-0.1, -0.05) is 35.9 Å². The number of hydrogen-bond donors (Lipinski definition) is 0. The summed E-state index contributed by atoms with van der Waals surface area (Å²) in [5, 5.41) is 1.01. The molecule has 2 rings (SSSR count). The molecule has 0 aliphatic heterocycles. The van der Waals surface area contributed by atoms with E-state index in [2.05, 4.69) is 6.08 Å². The molecule has 1 aromatic carbocycles. The molecular weight excluding hydrogens is 203 g/mol. The first-order chi connectivity index (χ1) is 6.27. The molecule has 0 nitrogen and oxygen atoms in total. The van der Waals surface area contributed by atoms with Crippen LogP contribution in [0.15, 0.2) is 30.3 Å². The first-order valence-electron chi connectivity index (χ1n) is 4.37. The molecule has 0 fully saturated rings. The van der Waals surface area contributed by atoms with E-state index in [9.17, 15) is 0 Å². The molecule has 1 aromatic rings. The van der Waals surface area contributed by atoms with Gasteiger partial charge in [0.15, 0.2) is 0 Å². The van der Waals surface area contributed by atoms with Crippen molar-refractivity contribution in [2.24, 2.45) is 0 Å². The van der Waals surface area contributed by atoms with Gasteiger partial charge >= 0.3 is 0 Å². The Labute approximate surface area is 88.2 Å². The highest BCUT2D eigenvalue weighted by molar-refractivity contribution is 6.32. The molecule has 0 aromatic heterocycles. The van der Waals surface area contributed by atoms with Crippen molar-refractivity contribution in [2.75, 3.05) is 0 Å². The minimum atomic E-state index is 0.186. The van der Waals surface area contributed by atoms with E-state index in [1.54, 1.807) is 0 Å². The zero-order valence-electron chi connectivity index (χ0n) is 7.13. The van der Waals surface area contributed by atoms with Crippen molar-refractivity contribution in [1.29, 1.82) is 0 Å². The van der Waals surface area contributed by atoms with E-state index in [-0.39, 0.29) is 5.38 Å². The maximum absolute atomic E-state index is 6.07. The third-order valence-corrected chi connectivity index (χ3v) is 2.97. The normalized spacial score (nSPS) is 21.7. The van der Waals surface area contributed by atoms with Crippen molar-refractivity contribution in [2.45, 2.75) is 18.2 Å². The number of allylic oxidation sites excluding steroid dienone is 2. The second-order valence-corrected chi connectivity index (χ2v) is 4.19. The molecule has 0 heterocycles. The second-order valence-electron chi connectivity index (χ2n) is 3.23. The van der Waals surface area contributed by atoms with Crippen LogP contribution in [0, 0.1) is 0 Å². The zero-order chi connectivity index (χ0) is 9.26. The standard InChI is InChI=1S/C11H10Cl2/c12-9-6-5-8(7-9)10-3-1-2-4-11(10)13/h1-4,7,9H,5-6H2. The predicted octanol–water partition coefficient (Wildman–Crippen LogP) is 4.12. The van der Waals surface area contributed by atoms with Crippen LogP contribution in [0.2, 0.25) is 5.02 Å². The van der Waals surface area contributed by atoms with Gasteiger partial charge in [-0.25, -0.2) is 0 Å². The van der Waals surface area contributed by atoms with Crippen molar-refractivity contribution < 1.29 is 0 Å². The predicted molar refractivity (Wildman–Crippen MR) is 58.3 cm³/mol. The fourth-order valence-electron chi connectivity index (χ4n) is 1.62. The maximum atomic E-state index is 6.07. The molecular formula is C11H10Cl2. The molecule has 1 unspecified atom stereocenters. The Morgan fingerprint density at radius 3 is 2.62 bits per heavy atom. The Balaban J connectivity index is 2.36. The smallest absolute Gasteiger partial charge is 0.0525 e. The third kappa shape index (κ3) is 1.90. The fourth-order valence-corrected chi connectivity index (χ4v) is 2.14. The number of hydrogen-bond acceptors (Lipinski definition) is 0. The number of benzene rings is 1. The molecule has 0 saturated heterocycles. The highest BCUT2D eigenvalue weighted by Gasteiger charge is 2.15. The molecule has 0 spiro atoms. The van der Waals surface area contributed by atoms with Gasteiger partial charge in [0.2, 0.25) is 0 Å². The summed E-state index contributed by atoms with van der Waals surface area (Å²) in [6, 6.07) is 7.91. The Morgan fingerprint density at radius 2 is 2.00 bits per heavy atom. The van der Waals surface area contributed by atoms with Crippen LogP contribution < -0.4 is 0 Å². The van der Waals surface area contributed by atoms with Gasteiger partial charge in [-0.2, -0.15) is 0 Å². The van der Waals surface area contributed by atoms with Crippen LogP contribution >= 0.6 is 23.2 Å². The van der Waals surface area contributed by atoms with Crippen LogP contribution in [0.4, 0.5) is 0 Å². The van der Waals surface area contributed by atoms with E-state index in [4.69, 9.17) is 23.2 Å². The van der Waals surface area contributed by atoms with Gasteiger partial charge in [0.05, 0.1) is 5.38 Å². The summed E-state index contributed by atoms with van der Waals surface area (Å²) in [7, 11) is 0. The summed E-state index contributed by atoms with van der Waals surface area (Å²) in [5.41, 5.74) is 2.41. The first-order valence-corrected chi connectivity index (χ1v) is 5.18. The Bertz CT molecular complexity index is 342. The first kappa shape index (κ1) is 9.11. The fraction of sp³-hybridized carbons (Fsp3) is 0.273. The lowest BCUT2D eigenvalue weighted by Crippen LogP contribution is -1.81. The van der Waals surface area contributed by atoms with Gasteiger partial charge in [0.1, 0.15) is 0 Å². The van der Waals surface area contributed by atoms with Crippen LogP contribution in [-0.4, -0.2) is 5.38 Å². The largest absolute Gasteiger partial charge is 0.118 e. The van der Waals surface area contributed by atoms with Crippen molar-refractivity contribution in [3.63, 3.8) is 0 Å². The quantitative estimate of drug-likeness (QED) is 0.615. The lowest BCUT2D eigenvalue weighted by atomic mass is 10.1. The molecule has 1 atom stereocenters. The molecule has 2 heteroatoms. The van der Waals surface area contributed by atoms with Crippen molar-refractivity contribution in [3.8, 4) is 0 Å². The van der Waals surface area contributed by atoms with Gasteiger partial charge in [-0.3, -0.25) is 0 Å². The Morgan fingerprint density at radius 1 is 1.23 bits per heavy atom.